The summed E-state index contributed by atoms with van der Waals surface area (Å²) in [6, 6.07) is 0. The summed E-state index contributed by atoms with van der Waals surface area (Å²) in [5, 5.41) is 0. The molecule has 2 atom stereocenters. The van der Waals surface area contributed by atoms with E-state index in [1.165, 1.54) is 5.75 Å². The van der Waals surface area contributed by atoms with Gasteiger partial charge in [-0.15, -0.1) is 0 Å². The summed E-state index contributed by atoms with van der Waals surface area (Å²) in [4.78, 5) is 12.0. The molecule has 2 aliphatic heterocycles. The number of rotatable bonds is 4. The summed E-state index contributed by atoms with van der Waals surface area (Å²) in [6.45, 7) is 2.89. The van der Waals surface area contributed by atoms with Crippen LogP contribution in [0.3, 0.4) is 0 Å². The van der Waals surface area contributed by atoms with Crippen LogP contribution in [-0.2, 0) is 9.53 Å². The Kier molecular flexibility index (Phi) is 4.62. The van der Waals surface area contributed by atoms with E-state index in [1.807, 2.05) is 11.8 Å². The third-order valence-corrected chi connectivity index (χ3v) is 5.58. The van der Waals surface area contributed by atoms with Crippen molar-refractivity contribution in [2.24, 2.45) is 5.92 Å². The molecule has 0 amide bonds. The fourth-order valence-corrected chi connectivity index (χ4v) is 4.51. The molecule has 92 valence electrons. The Morgan fingerprint density at radius 2 is 2.50 bits per heavy atom. The highest BCUT2D eigenvalue weighted by molar-refractivity contribution is 8.00. The fraction of sp³-hybridized carbons (Fsp3) is 0.917. The minimum atomic E-state index is 0.0557. The van der Waals surface area contributed by atoms with E-state index in [0.29, 0.717) is 11.5 Å². The molecule has 2 fully saturated rings. The highest BCUT2D eigenvalue weighted by Gasteiger charge is 2.42. The largest absolute Gasteiger partial charge is 0.374 e. The lowest BCUT2D eigenvalue weighted by molar-refractivity contribution is -0.131. The molecule has 0 N–H and O–H groups in total. The number of Topliss-reactive ketones (excluding diaryl/α,β-unsaturated/α-hetero) is 1. The number of hydrogen-bond acceptors (Lipinski definition) is 4. The standard InChI is InChI=1S/C12H20O2S2/c1-2-15-8-11(13)10-3-5-14-12(7-10)4-6-16-9-12/h10H,2-9H2,1H3. The molecule has 0 aromatic rings. The number of thioether (sulfide) groups is 2. The molecule has 0 radical (unpaired) electrons. The van der Waals surface area contributed by atoms with Crippen LogP contribution in [0.15, 0.2) is 0 Å². The highest BCUT2D eigenvalue weighted by Crippen LogP contribution is 2.40. The Bertz CT molecular complexity index is 249. The minimum Gasteiger partial charge on any atom is -0.374 e. The predicted molar refractivity (Wildman–Crippen MR) is 71.4 cm³/mol. The van der Waals surface area contributed by atoms with Crippen LogP contribution in [0, 0.1) is 5.92 Å². The first-order chi connectivity index (χ1) is 7.76. The van der Waals surface area contributed by atoms with Gasteiger partial charge < -0.3 is 4.74 Å². The van der Waals surface area contributed by atoms with Crippen LogP contribution in [0.25, 0.3) is 0 Å². The van der Waals surface area contributed by atoms with Gasteiger partial charge in [-0.05, 0) is 30.8 Å². The maximum absolute atomic E-state index is 12.0. The first-order valence-corrected chi connectivity index (χ1v) is 8.39. The Hall–Kier alpha value is 0.330. The molecular formula is C12H20O2S2. The third kappa shape index (κ3) is 2.96. The van der Waals surface area contributed by atoms with Gasteiger partial charge in [0.15, 0.2) is 0 Å². The Balaban J connectivity index is 1.88. The molecule has 2 heterocycles. The van der Waals surface area contributed by atoms with Crippen molar-refractivity contribution in [3.8, 4) is 0 Å². The van der Waals surface area contributed by atoms with Crippen LogP contribution in [0.2, 0.25) is 0 Å². The molecular weight excluding hydrogens is 240 g/mol. The quantitative estimate of drug-likeness (QED) is 0.776. The minimum absolute atomic E-state index is 0.0557. The maximum atomic E-state index is 12.0. The first kappa shape index (κ1) is 12.8. The topological polar surface area (TPSA) is 26.3 Å². The van der Waals surface area contributed by atoms with Gasteiger partial charge in [-0.1, -0.05) is 6.92 Å². The third-order valence-electron chi connectivity index (χ3n) is 3.46. The molecule has 2 unspecified atom stereocenters. The van der Waals surface area contributed by atoms with Crippen molar-refractivity contribution in [3.63, 3.8) is 0 Å². The highest BCUT2D eigenvalue weighted by atomic mass is 32.2. The smallest absolute Gasteiger partial charge is 0.146 e. The van der Waals surface area contributed by atoms with Gasteiger partial charge in [0.05, 0.1) is 11.4 Å². The van der Waals surface area contributed by atoms with Gasteiger partial charge in [-0.25, -0.2) is 0 Å². The molecule has 0 bridgehead atoms. The molecule has 2 saturated heterocycles. The van der Waals surface area contributed by atoms with Crippen LogP contribution in [-0.4, -0.2) is 41.0 Å². The molecule has 2 nitrogen and oxygen atoms in total. The van der Waals surface area contributed by atoms with Crippen LogP contribution in [0.4, 0.5) is 0 Å². The maximum Gasteiger partial charge on any atom is 0.146 e. The van der Waals surface area contributed by atoms with E-state index in [9.17, 15) is 4.79 Å². The lowest BCUT2D eigenvalue weighted by atomic mass is 9.83. The predicted octanol–water partition coefficient (Wildman–Crippen LogP) is 2.61. The summed E-state index contributed by atoms with van der Waals surface area (Å²) in [5.74, 6) is 4.75. The first-order valence-electron chi connectivity index (χ1n) is 6.08. The second-order valence-electron chi connectivity index (χ2n) is 4.63. The van der Waals surface area contributed by atoms with Crippen molar-refractivity contribution in [1.29, 1.82) is 0 Å². The Morgan fingerprint density at radius 3 is 3.19 bits per heavy atom. The number of ether oxygens (including phenoxy) is 1. The fourth-order valence-electron chi connectivity index (χ4n) is 2.49. The molecule has 0 aromatic heterocycles. The monoisotopic (exact) mass is 260 g/mol. The Morgan fingerprint density at radius 1 is 1.62 bits per heavy atom. The van der Waals surface area contributed by atoms with Gasteiger partial charge >= 0.3 is 0 Å². The van der Waals surface area contributed by atoms with Gasteiger partial charge in [0.1, 0.15) is 5.78 Å². The van der Waals surface area contributed by atoms with E-state index in [-0.39, 0.29) is 11.5 Å². The van der Waals surface area contributed by atoms with Gasteiger partial charge in [-0.3, -0.25) is 4.79 Å². The second kappa shape index (κ2) is 5.78. The molecule has 2 rings (SSSR count). The van der Waals surface area contributed by atoms with E-state index in [4.69, 9.17) is 4.74 Å². The molecule has 1 spiro atoms. The van der Waals surface area contributed by atoms with Crippen LogP contribution in [0.5, 0.6) is 0 Å². The zero-order valence-corrected chi connectivity index (χ0v) is 11.5. The van der Waals surface area contributed by atoms with Gasteiger partial charge in [0.2, 0.25) is 0 Å². The molecule has 16 heavy (non-hydrogen) atoms. The average Bonchev–Trinajstić information content (AvgIpc) is 2.74. The van der Waals surface area contributed by atoms with Crippen molar-refractivity contribution in [2.75, 3.05) is 29.6 Å². The number of hydrogen-bond donors (Lipinski definition) is 0. The van der Waals surface area contributed by atoms with Gasteiger partial charge in [-0.2, -0.15) is 23.5 Å². The van der Waals surface area contributed by atoms with E-state index < -0.39 is 0 Å². The molecule has 0 aromatic carbocycles. The van der Waals surface area contributed by atoms with Crippen LogP contribution in [0.1, 0.15) is 26.2 Å². The SMILES string of the molecule is CCSCC(=O)C1CCOC2(CCSC2)C1. The van der Waals surface area contributed by atoms with Crippen LogP contribution < -0.4 is 0 Å². The lowest BCUT2D eigenvalue weighted by Gasteiger charge is -2.37. The zero-order valence-electron chi connectivity index (χ0n) is 9.87. The van der Waals surface area contributed by atoms with Crippen molar-refractivity contribution in [3.05, 3.63) is 0 Å². The second-order valence-corrected chi connectivity index (χ2v) is 7.01. The average molecular weight is 260 g/mol. The lowest BCUT2D eigenvalue weighted by Crippen LogP contribution is -2.42. The van der Waals surface area contributed by atoms with Gasteiger partial charge in [0.25, 0.3) is 0 Å². The molecule has 2 aliphatic rings. The number of ketones is 1. The van der Waals surface area contributed by atoms with Crippen LogP contribution >= 0.6 is 23.5 Å². The van der Waals surface area contributed by atoms with Crippen molar-refractivity contribution in [2.45, 2.75) is 31.8 Å². The molecule has 0 saturated carbocycles. The molecule has 0 aliphatic carbocycles. The molecule has 4 heteroatoms. The van der Waals surface area contributed by atoms with E-state index in [1.54, 1.807) is 11.8 Å². The normalized spacial score (nSPS) is 34.4. The summed E-state index contributed by atoms with van der Waals surface area (Å²) in [5.41, 5.74) is 0.0557. The van der Waals surface area contributed by atoms with Crippen molar-refractivity contribution < 1.29 is 9.53 Å². The van der Waals surface area contributed by atoms with E-state index in [0.717, 1.165) is 37.4 Å². The van der Waals surface area contributed by atoms with Crippen molar-refractivity contribution in [1.82, 2.24) is 0 Å². The van der Waals surface area contributed by atoms with E-state index in [2.05, 4.69) is 6.92 Å². The Labute approximate surface area is 106 Å². The summed E-state index contributed by atoms with van der Waals surface area (Å²) < 4.78 is 5.93. The number of carbonyl (C=O) groups is 1. The van der Waals surface area contributed by atoms with E-state index >= 15 is 0 Å². The zero-order chi connectivity index (χ0) is 11.4. The van der Waals surface area contributed by atoms with Crippen molar-refractivity contribution >= 4 is 29.3 Å². The number of carbonyl (C=O) groups excluding carboxylic acids is 1. The van der Waals surface area contributed by atoms with Gasteiger partial charge in [0, 0.05) is 18.3 Å². The summed E-state index contributed by atoms with van der Waals surface area (Å²) >= 11 is 3.71. The summed E-state index contributed by atoms with van der Waals surface area (Å²) in [7, 11) is 0. The summed E-state index contributed by atoms with van der Waals surface area (Å²) in [6.07, 6.45) is 3.06.